The molecule has 0 saturated heterocycles. The zero-order valence-electron chi connectivity index (χ0n) is 19.7. The van der Waals surface area contributed by atoms with Crippen LogP contribution >= 0.6 is 51.9 Å². The van der Waals surface area contributed by atoms with Gasteiger partial charge in [0.2, 0.25) is 0 Å². The summed E-state index contributed by atoms with van der Waals surface area (Å²) in [5, 5.41) is 35.0. The molecule has 0 aliphatic carbocycles. The average Bonchev–Trinajstić information content (AvgIpc) is 3.52. The van der Waals surface area contributed by atoms with Gasteiger partial charge in [-0.25, -0.2) is 9.59 Å². The molecule has 0 unspecified atom stereocenters. The summed E-state index contributed by atoms with van der Waals surface area (Å²) < 4.78 is 2.86. The number of hydrogen-bond acceptors (Lipinski definition) is 8. The molecule has 2 heterocycles. The van der Waals surface area contributed by atoms with E-state index in [0.29, 0.717) is 15.6 Å². The molecule has 0 bridgehead atoms. The van der Waals surface area contributed by atoms with Crippen LogP contribution < -0.4 is 10.6 Å². The predicted octanol–water partition coefficient (Wildman–Crippen LogP) is 4.97. The number of hydrogen-bond donors (Lipinski definition) is 7. The van der Waals surface area contributed by atoms with Gasteiger partial charge in [-0.15, -0.1) is 0 Å². The number of carbonyl (C=O) groups is 4. The third-order valence-corrected chi connectivity index (χ3v) is 5.87. The first-order valence-corrected chi connectivity index (χ1v) is 12.4. The third-order valence-electron chi connectivity index (χ3n) is 4.44. The summed E-state index contributed by atoms with van der Waals surface area (Å²) in [6.07, 6.45) is 0. The molecular formula is C22H16BBrCl2N7O6S. The average molecular weight is 668 g/mol. The molecule has 1 radical (unpaired) electrons. The molecule has 6 N–H and O–H groups in total. The second kappa shape index (κ2) is 15.6. The van der Waals surface area contributed by atoms with Gasteiger partial charge >= 0.3 is 36.7 Å². The van der Waals surface area contributed by atoms with Crippen molar-refractivity contribution in [1.29, 1.82) is 0 Å². The molecule has 0 saturated carbocycles. The fourth-order valence-corrected chi connectivity index (χ4v) is 3.59. The van der Waals surface area contributed by atoms with Gasteiger partial charge in [0, 0.05) is 6.07 Å². The molecule has 2 aromatic heterocycles. The van der Waals surface area contributed by atoms with Gasteiger partial charge in [-0.05, 0) is 40.2 Å². The molecule has 0 fully saturated rings. The number of aromatic amines is 2. The Morgan fingerprint density at radius 1 is 0.875 bits per heavy atom. The fourth-order valence-electron chi connectivity index (χ4n) is 2.70. The first-order chi connectivity index (χ1) is 19.0. The monoisotopic (exact) mass is 666 g/mol. The van der Waals surface area contributed by atoms with Crippen molar-refractivity contribution in [1.82, 2.24) is 20.4 Å². The van der Waals surface area contributed by atoms with E-state index < -0.39 is 23.8 Å². The Morgan fingerprint density at radius 3 is 1.80 bits per heavy atom. The summed E-state index contributed by atoms with van der Waals surface area (Å²) >= 11 is 18.0. The number of benzene rings is 2. The molecule has 0 spiro atoms. The van der Waals surface area contributed by atoms with E-state index in [0.717, 1.165) is 0 Å². The molecule has 205 valence electrons. The minimum atomic E-state index is -1.18. The van der Waals surface area contributed by atoms with Crippen LogP contribution in [0.5, 0.6) is 0 Å². The van der Waals surface area contributed by atoms with Gasteiger partial charge in [0.15, 0.2) is 17.3 Å². The summed E-state index contributed by atoms with van der Waals surface area (Å²) in [5.41, 5.74) is 0.314. The van der Waals surface area contributed by atoms with Gasteiger partial charge in [-0.3, -0.25) is 19.8 Å². The summed E-state index contributed by atoms with van der Waals surface area (Å²) in [5.74, 6) is -3.06. The van der Waals surface area contributed by atoms with Gasteiger partial charge in [0.1, 0.15) is 5.69 Å². The maximum atomic E-state index is 11.9. The molecule has 13 nitrogen and oxygen atoms in total. The molecule has 4 aromatic rings. The topological polar surface area (TPSA) is 203 Å². The van der Waals surface area contributed by atoms with E-state index in [2.05, 4.69) is 71.7 Å². The number of nitrogens with zero attached hydrogens (tertiary/aromatic N) is 3. The molecule has 2 amide bonds. The van der Waals surface area contributed by atoms with E-state index in [1.54, 1.807) is 48.5 Å². The van der Waals surface area contributed by atoms with Crippen LogP contribution in [0.15, 0.2) is 63.4 Å². The van der Waals surface area contributed by atoms with Crippen LogP contribution in [0, 0.1) is 0 Å². The maximum absolute atomic E-state index is 11.9. The number of H-pyrrole nitrogens is 2. The van der Waals surface area contributed by atoms with Crippen molar-refractivity contribution >= 4 is 95.0 Å². The number of amides is 2. The van der Waals surface area contributed by atoms with Crippen LogP contribution in [0.1, 0.15) is 41.7 Å². The van der Waals surface area contributed by atoms with Crippen molar-refractivity contribution in [2.45, 2.75) is 0 Å². The zero-order chi connectivity index (χ0) is 29.8. The molecule has 40 heavy (non-hydrogen) atoms. The fraction of sp³-hybridized carbons (Fsp3) is 0. The molecule has 0 aliphatic heterocycles. The molecule has 2 aromatic carbocycles. The Hall–Kier alpha value is -3.99. The summed E-state index contributed by atoms with van der Waals surface area (Å²) in [6.45, 7) is 0. The van der Waals surface area contributed by atoms with E-state index in [-0.39, 0.29) is 33.1 Å². The van der Waals surface area contributed by atoms with Crippen LogP contribution in [0.25, 0.3) is 0 Å². The number of aromatic nitrogens is 4. The van der Waals surface area contributed by atoms with Crippen LogP contribution in [0.2, 0.25) is 10.0 Å². The molecular weight excluding hydrogens is 652 g/mol. The molecule has 18 heteroatoms. The second-order valence-electron chi connectivity index (χ2n) is 7.02. The first-order valence-electron chi connectivity index (χ1n) is 10.4. The van der Waals surface area contributed by atoms with E-state index in [1.807, 2.05) is 0 Å². The zero-order valence-corrected chi connectivity index (χ0v) is 23.7. The van der Waals surface area contributed by atoms with Crippen molar-refractivity contribution in [3.8, 4) is 0 Å². The number of nitrogens with one attached hydrogen (secondary N) is 4. The van der Waals surface area contributed by atoms with E-state index in [1.165, 1.54) is 6.07 Å². The van der Waals surface area contributed by atoms with Crippen molar-refractivity contribution in [2.75, 3.05) is 10.6 Å². The molecule has 0 aliphatic rings. The number of anilines is 2. The Bertz CT molecular complexity index is 1550. The van der Waals surface area contributed by atoms with E-state index in [4.69, 9.17) is 33.4 Å². The number of rotatable bonds is 6. The summed E-state index contributed by atoms with van der Waals surface area (Å²) in [6, 6.07) is 14.2. The van der Waals surface area contributed by atoms with Gasteiger partial charge in [-0.1, -0.05) is 47.5 Å². The quantitative estimate of drug-likeness (QED) is 0.110. The normalized spacial score (nSPS) is 9.68. The van der Waals surface area contributed by atoms with Crippen LogP contribution in [-0.2, 0) is 0 Å². The number of thiol groups is 1. The van der Waals surface area contributed by atoms with E-state index >= 15 is 0 Å². The standard InChI is InChI=1S/C11H7BrClN3O3.C11H8ClN3O3.BHNS/c12-7-8(11(18)19)15-16-9(7)14-10(17)5-3-1-2-4-6(5)13;12-7-4-2-1-3-6(7)10(16)13-9-5-8(11(17)18)14-15-9;1-2-3/h1-4H,(H,18,19)(H2,14,15,16,17);1-5H,(H,17,18)(H2,13,14,15,16);3H. The molecule has 4 rings (SSSR count). The minimum absolute atomic E-state index is 0.0855. The predicted molar refractivity (Wildman–Crippen MR) is 155 cm³/mol. The first kappa shape index (κ1) is 32.2. The van der Waals surface area contributed by atoms with Crippen LogP contribution in [0.3, 0.4) is 0 Å². The van der Waals surface area contributed by atoms with Gasteiger partial charge in [-0.2, -0.15) is 10.2 Å². The third kappa shape index (κ3) is 9.05. The van der Waals surface area contributed by atoms with Gasteiger partial charge in [0.25, 0.3) is 11.8 Å². The Labute approximate surface area is 250 Å². The van der Waals surface area contributed by atoms with Crippen molar-refractivity contribution in [2.24, 2.45) is 4.30 Å². The number of carboxylic acid groups (broad SMARTS) is 2. The number of carboxylic acids is 2. The van der Waals surface area contributed by atoms with Crippen molar-refractivity contribution in [3.63, 3.8) is 0 Å². The Kier molecular flexibility index (Phi) is 12.5. The van der Waals surface area contributed by atoms with Crippen molar-refractivity contribution in [3.05, 3.63) is 91.6 Å². The van der Waals surface area contributed by atoms with Crippen LogP contribution in [0.4, 0.5) is 11.6 Å². The number of halogens is 3. The number of carbonyl (C=O) groups excluding carboxylic acids is 2. The number of aromatic carboxylic acids is 2. The Balaban J connectivity index is 0.000000256. The summed E-state index contributed by atoms with van der Waals surface area (Å²) in [4.78, 5) is 45.2. The second-order valence-corrected chi connectivity index (χ2v) is 8.86. The molecule has 0 atom stereocenters. The van der Waals surface area contributed by atoms with Crippen molar-refractivity contribution < 1.29 is 29.4 Å². The Morgan fingerprint density at radius 2 is 1.38 bits per heavy atom. The van der Waals surface area contributed by atoms with Gasteiger partial charge < -0.3 is 20.8 Å². The summed E-state index contributed by atoms with van der Waals surface area (Å²) in [7, 11) is 4.34. The van der Waals surface area contributed by atoms with E-state index in [9.17, 15) is 19.2 Å². The van der Waals surface area contributed by atoms with Crippen LogP contribution in [-0.4, -0.2) is 62.0 Å². The SMILES string of the molecule is O=C(Nc1n[nH]c(C(=O)O)c1Br)c1ccccc1Cl.O=C(O)c1cc(NC(=O)c2ccccc2Cl)n[nH]1.[B]=NS. The van der Waals surface area contributed by atoms with Gasteiger partial charge in [0.05, 0.1) is 25.6 Å².